The minimum atomic E-state index is -1.08. The average molecular weight is 689 g/mol. The number of carbonyl (C=O) groups excluding carboxylic acids is 3. The van der Waals surface area contributed by atoms with E-state index in [1.807, 2.05) is 26.8 Å². The number of allylic oxidation sites excluding steroid dienone is 4. The normalized spacial score (nSPS) is 27.8. The van der Waals surface area contributed by atoms with Crippen molar-refractivity contribution in [3.05, 3.63) is 59.8 Å². The lowest BCUT2D eigenvalue weighted by Crippen LogP contribution is -2.59. The monoisotopic (exact) mass is 688 g/mol. The summed E-state index contributed by atoms with van der Waals surface area (Å²) in [5, 5.41) is 19.6. The number of aliphatic carboxylic acids is 1. The largest absolute Gasteiger partial charge is 0.481 e. The number of ether oxygens (including phenoxy) is 5. The Kier molecular flexibility index (Phi) is 17.2. The molecule has 2 aliphatic heterocycles. The quantitative estimate of drug-likeness (QED) is 0.0765. The molecule has 49 heavy (non-hydrogen) atoms. The number of hydrogen-bond donors (Lipinski definition) is 2. The highest BCUT2D eigenvalue weighted by Crippen LogP contribution is 2.48. The fourth-order valence-electron chi connectivity index (χ4n) is 5.92. The van der Waals surface area contributed by atoms with Gasteiger partial charge >= 0.3 is 23.9 Å². The Morgan fingerprint density at radius 1 is 0.939 bits per heavy atom. The predicted octanol–water partition coefficient (Wildman–Crippen LogP) is 6.31. The molecule has 0 aromatic heterocycles. The summed E-state index contributed by atoms with van der Waals surface area (Å²) < 4.78 is 29.1. The molecule has 11 heteroatoms. The number of rotatable bonds is 17. The SMILES string of the molecule is CCCC[C@@]1(OC(=O)CCC(=O)O)CC[C@]2(CC[C@H](C)[C@@H](C/C=C(C)/C=C/[C@H](O)[C@@H](C)/C=C/C(=O)OC)O2)O[C@H]1/C=C/C(C)=C/C(=O)OC. The van der Waals surface area contributed by atoms with Crippen LogP contribution in [-0.4, -0.2) is 78.0 Å². The third-order valence-corrected chi connectivity index (χ3v) is 9.17. The van der Waals surface area contributed by atoms with Gasteiger partial charge in [-0.2, -0.15) is 0 Å². The summed E-state index contributed by atoms with van der Waals surface area (Å²) in [6.45, 7) is 9.71. The third kappa shape index (κ3) is 13.7. The molecule has 0 saturated carbocycles. The zero-order chi connectivity index (χ0) is 36.6. The van der Waals surface area contributed by atoms with Crippen molar-refractivity contribution >= 4 is 23.9 Å². The van der Waals surface area contributed by atoms with E-state index in [0.717, 1.165) is 24.8 Å². The van der Waals surface area contributed by atoms with Crippen LogP contribution in [0.25, 0.3) is 0 Å². The van der Waals surface area contributed by atoms with Gasteiger partial charge in [-0.15, -0.1) is 0 Å². The van der Waals surface area contributed by atoms with Gasteiger partial charge in [0.1, 0.15) is 11.7 Å². The van der Waals surface area contributed by atoms with E-state index in [9.17, 15) is 24.3 Å². The summed E-state index contributed by atoms with van der Waals surface area (Å²) >= 11 is 0. The van der Waals surface area contributed by atoms with Gasteiger partial charge in [0.05, 0.1) is 39.3 Å². The van der Waals surface area contributed by atoms with Gasteiger partial charge in [-0.1, -0.05) is 69.2 Å². The molecular formula is C38H56O11. The molecule has 7 atom stereocenters. The molecule has 274 valence electrons. The molecule has 0 unspecified atom stereocenters. The Labute approximate surface area is 291 Å². The van der Waals surface area contributed by atoms with Crippen molar-refractivity contribution in [1.82, 2.24) is 0 Å². The fraction of sp³-hybridized carbons (Fsp3) is 0.632. The summed E-state index contributed by atoms with van der Waals surface area (Å²) in [4.78, 5) is 47.3. The molecule has 0 aliphatic carbocycles. The van der Waals surface area contributed by atoms with Crippen LogP contribution in [0.3, 0.4) is 0 Å². The molecule has 2 aliphatic rings. The lowest BCUT2D eigenvalue weighted by Gasteiger charge is -2.53. The molecule has 0 amide bonds. The van der Waals surface area contributed by atoms with Crippen molar-refractivity contribution in [3.63, 3.8) is 0 Å². The van der Waals surface area contributed by atoms with Crippen LogP contribution in [0.4, 0.5) is 0 Å². The van der Waals surface area contributed by atoms with E-state index in [2.05, 4.69) is 17.7 Å². The van der Waals surface area contributed by atoms with Crippen LogP contribution in [-0.2, 0) is 42.9 Å². The number of methoxy groups -OCH3 is 2. The summed E-state index contributed by atoms with van der Waals surface area (Å²) in [7, 11) is 2.61. The van der Waals surface area contributed by atoms with Crippen LogP contribution in [0.15, 0.2) is 59.8 Å². The first-order valence-electron chi connectivity index (χ1n) is 17.2. The Bertz CT molecular complexity index is 1280. The molecule has 0 aromatic carbocycles. The van der Waals surface area contributed by atoms with Crippen molar-refractivity contribution in [2.75, 3.05) is 14.2 Å². The minimum absolute atomic E-state index is 0.157. The maximum Gasteiger partial charge on any atom is 0.330 e. The highest BCUT2D eigenvalue weighted by atomic mass is 16.7. The Morgan fingerprint density at radius 2 is 1.65 bits per heavy atom. The maximum absolute atomic E-state index is 13.0. The molecule has 2 N–H and O–H groups in total. The van der Waals surface area contributed by atoms with Gasteiger partial charge in [0.15, 0.2) is 5.79 Å². The Balaban J connectivity index is 2.31. The van der Waals surface area contributed by atoms with Crippen LogP contribution in [0.1, 0.15) is 98.8 Å². The van der Waals surface area contributed by atoms with E-state index < -0.39 is 47.5 Å². The van der Waals surface area contributed by atoms with Crippen LogP contribution < -0.4 is 0 Å². The predicted molar refractivity (Wildman–Crippen MR) is 184 cm³/mol. The van der Waals surface area contributed by atoms with E-state index in [1.54, 1.807) is 31.2 Å². The van der Waals surface area contributed by atoms with E-state index in [4.69, 9.17) is 24.1 Å². The lowest BCUT2D eigenvalue weighted by molar-refractivity contribution is -0.344. The van der Waals surface area contributed by atoms with Crippen LogP contribution in [0.5, 0.6) is 0 Å². The maximum atomic E-state index is 13.0. The van der Waals surface area contributed by atoms with Crippen LogP contribution >= 0.6 is 0 Å². The second-order valence-electron chi connectivity index (χ2n) is 13.2. The van der Waals surface area contributed by atoms with Crippen molar-refractivity contribution in [3.8, 4) is 0 Å². The zero-order valence-electron chi connectivity index (χ0n) is 30.1. The first kappa shape index (κ1) is 41.6. The van der Waals surface area contributed by atoms with Gasteiger partial charge in [-0.25, -0.2) is 9.59 Å². The number of carboxylic acid groups (broad SMARTS) is 1. The number of unbranched alkanes of at least 4 members (excludes halogenated alkanes) is 1. The first-order chi connectivity index (χ1) is 23.2. The smallest absolute Gasteiger partial charge is 0.330 e. The highest BCUT2D eigenvalue weighted by molar-refractivity contribution is 5.83. The van der Waals surface area contributed by atoms with E-state index in [1.165, 1.54) is 26.4 Å². The molecule has 2 rings (SSSR count). The van der Waals surface area contributed by atoms with E-state index in [-0.39, 0.29) is 30.8 Å². The number of esters is 3. The van der Waals surface area contributed by atoms with Gasteiger partial charge in [0.2, 0.25) is 0 Å². The molecule has 0 radical (unpaired) electrons. The Morgan fingerprint density at radius 3 is 2.31 bits per heavy atom. The van der Waals surface area contributed by atoms with E-state index in [0.29, 0.717) is 37.7 Å². The number of carbonyl (C=O) groups is 4. The van der Waals surface area contributed by atoms with Gasteiger partial charge in [-0.05, 0) is 57.4 Å². The van der Waals surface area contributed by atoms with Gasteiger partial charge in [0.25, 0.3) is 0 Å². The second kappa shape index (κ2) is 20.2. The second-order valence-corrected chi connectivity index (χ2v) is 13.2. The van der Waals surface area contributed by atoms with Crippen molar-refractivity contribution in [2.45, 2.75) is 129 Å². The average Bonchev–Trinajstić information content (AvgIpc) is 3.08. The number of hydrogen-bond acceptors (Lipinski definition) is 10. The summed E-state index contributed by atoms with van der Waals surface area (Å²) in [6.07, 6.45) is 16.4. The summed E-state index contributed by atoms with van der Waals surface area (Å²) in [6, 6.07) is 0. The standard InChI is InChI=1S/C38H56O11/c1-8-9-21-37(49-35(43)19-17-33(40)41)23-24-38(48-32(37)16-12-27(3)25-36(44)46-7)22-20-29(5)31(47-38)15-11-26(2)10-14-30(39)28(4)13-18-34(42)45-6/h10-14,16,18,25,28-32,39H,8-9,15,17,19-24H2,1-7H3,(H,40,41)/b14-10+,16-12+,18-13+,26-11+,27-25+/t28-,29-,30-,31+,32-,37+,38-/m0/s1. The number of carboxylic acids is 1. The summed E-state index contributed by atoms with van der Waals surface area (Å²) in [5.74, 6) is -3.60. The molecule has 0 bridgehead atoms. The van der Waals surface area contributed by atoms with Crippen LogP contribution in [0, 0.1) is 11.8 Å². The lowest BCUT2D eigenvalue weighted by atomic mass is 9.78. The van der Waals surface area contributed by atoms with Crippen molar-refractivity contribution in [1.29, 1.82) is 0 Å². The third-order valence-electron chi connectivity index (χ3n) is 9.17. The van der Waals surface area contributed by atoms with Crippen LogP contribution in [0.2, 0.25) is 0 Å². The first-order valence-corrected chi connectivity index (χ1v) is 17.2. The molecule has 2 saturated heterocycles. The number of aliphatic hydroxyl groups excluding tert-OH is 1. The topological polar surface area (TPSA) is 155 Å². The summed E-state index contributed by atoms with van der Waals surface area (Å²) in [5.41, 5.74) is 0.538. The Hall–Kier alpha value is -3.54. The van der Waals surface area contributed by atoms with Gasteiger partial charge in [-0.3, -0.25) is 9.59 Å². The molecule has 11 nitrogen and oxygen atoms in total. The number of aliphatic hydroxyl groups is 1. The van der Waals surface area contributed by atoms with Gasteiger partial charge < -0.3 is 33.9 Å². The highest BCUT2D eigenvalue weighted by Gasteiger charge is 2.54. The van der Waals surface area contributed by atoms with Gasteiger partial charge in [0, 0.05) is 30.9 Å². The zero-order valence-corrected chi connectivity index (χ0v) is 30.1. The molecule has 2 heterocycles. The molecule has 0 aromatic rings. The minimum Gasteiger partial charge on any atom is -0.481 e. The van der Waals surface area contributed by atoms with E-state index >= 15 is 0 Å². The fourth-order valence-corrected chi connectivity index (χ4v) is 5.92. The molecular weight excluding hydrogens is 632 g/mol. The molecule has 1 spiro atoms. The van der Waals surface area contributed by atoms with Crippen molar-refractivity contribution < 1.29 is 53.1 Å². The molecule has 2 fully saturated rings. The van der Waals surface area contributed by atoms with Crippen molar-refractivity contribution in [2.24, 2.45) is 11.8 Å².